The molecule has 0 aliphatic heterocycles. The molecule has 1 aromatic carbocycles. The van der Waals surface area contributed by atoms with Gasteiger partial charge in [-0.3, -0.25) is 0 Å². The largest absolute Gasteiger partial charge is 0.330 e. The summed E-state index contributed by atoms with van der Waals surface area (Å²) >= 11 is 0. The summed E-state index contributed by atoms with van der Waals surface area (Å²) < 4.78 is 38.3. The van der Waals surface area contributed by atoms with Crippen LogP contribution < -0.4 is 10.5 Å². The van der Waals surface area contributed by atoms with E-state index in [-0.39, 0.29) is 11.6 Å². The predicted octanol–water partition coefficient (Wildman–Crippen LogP) is 0.984. The van der Waals surface area contributed by atoms with Crippen molar-refractivity contribution in [3.8, 4) is 0 Å². The van der Waals surface area contributed by atoms with Crippen molar-refractivity contribution in [1.82, 2.24) is 4.72 Å². The minimum atomic E-state index is -3.34. The molecule has 17 heavy (non-hydrogen) atoms. The Hall–Kier alpha value is -0.980. The van der Waals surface area contributed by atoms with E-state index in [1.807, 2.05) is 0 Å². The van der Waals surface area contributed by atoms with Crippen molar-refractivity contribution in [3.63, 3.8) is 0 Å². The van der Waals surface area contributed by atoms with Crippen LogP contribution in [0.25, 0.3) is 0 Å². The molecule has 0 saturated carbocycles. The fourth-order valence-electron chi connectivity index (χ4n) is 1.35. The van der Waals surface area contributed by atoms with Crippen molar-refractivity contribution in [2.45, 2.75) is 18.6 Å². The van der Waals surface area contributed by atoms with Crippen molar-refractivity contribution >= 4 is 10.0 Å². The van der Waals surface area contributed by atoms with Crippen LogP contribution in [0.1, 0.15) is 18.4 Å². The molecule has 1 rings (SSSR count). The molecule has 0 aliphatic carbocycles. The number of unbranched alkanes of at least 4 members (excludes halogenated alkanes) is 1. The van der Waals surface area contributed by atoms with Gasteiger partial charge in [0.05, 0.1) is 5.75 Å². The molecule has 0 spiro atoms. The monoisotopic (exact) mass is 260 g/mol. The average molecular weight is 260 g/mol. The van der Waals surface area contributed by atoms with Gasteiger partial charge in [-0.05, 0) is 37.1 Å². The van der Waals surface area contributed by atoms with Gasteiger partial charge in [-0.2, -0.15) is 0 Å². The highest BCUT2D eigenvalue weighted by molar-refractivity contribution is 7.88. The first-order valence-electron chi connectivity index (χ1n) is 5.45. The highest BCUT2D eigenvalue weighted by atomic mass is 32.2. The van der Waals surface area contributed by atoms with Crippen LogP contribution in [0.4, 0.5) is 4.39 Å². The molecule has 0 aromatic heterocycles. The Bertz CT molecular complexity index is 431. The molecular formula is C11H17FN2O2S. The summed E-state index contributed by atoms with van der Waals surface area (Å²) in [4.78, 5) is 0. The molecule has 0 atom stereocenters. The number of rotatable bonds is 7. The van der Waals surface area contributed by atoms with Crippen molar-refractivity contribution in [1.29, 1.82) is 0 Å². The van der Waals surface area contributed by atoms with Crippen LogP contribution in [0.3, 0.4) is 0 Å². The summed E-state index contributed by atoms with van der Waals surface area (Å²) in [6.45, 7) is 0.945. The number of hydrogen-bond acceptors (Lipinski definition) is 3. The summed E-state index contributed by atoms with van der Waals surface area (Å²) in [7, 11) is -3.34. The van der Waals surface area contributed by atoms with Crippen molar-refractivity contribution < 1.29 is 12.8 Å². The van der Waals surface area contributed by atoms with E-state index in [0.29, 0.717) is 18.7 Å². The molecule has 0 aliphatic rings. The van der Waals surface area contributed by atoms with Crippen LogP contribution >= 0.6 is 0 Å². The Balaban J connectivity index is 2.46. The van der Waals surface area contributed by atoms with Crippen LogP contribution in [0.15, 0.2) is 24.3 Å². The van der Waals surface area contributed by atoms with Crippen LogP contribution in [0.5, 0.6) is 0 Å². The lowest BCUT2D eigenvalue weighted by atomic mass is 10.2. The zero-order valence-corrected chi connectivity index (χ0v) is 10.3. The lowest BCUT2D eigenvalue weighted by Gasteiger charge is -2.06. The van der Waals surface area contributed by atoms with Crippen LogP contribution in [0.2, 0.25) is 0 Å². The van der Waals surface area contributed by atoms with Gasteiger partial charge in [0.15, 0.2) is 0 Å². The second-order valence-corrected chi connectivity index (χ2v) is 5.58. The molecule has 0 unspecified atom stereocenters. The van der Waals surface area contributed by atoms with Gasteiger partial charge in [0.2, 0.25) is 10.0 Å². The Labute approximate surface area is 101 Å². The smallest absolute Gasteiger partial charge is 0.215 e. The average Bonchev–Trinajstić information content (AvgIpc) is 2.27. The predicted molar refractivity (Wildman–Crippen MR) is 65.3 cm³/mol. The third-order valence-electron chi connectivity index (χ3n) is 2.22. The van der Waals surface area contributed by atoms with Crippen molar-refractivity contribution in [2.24, 2.45) is 5.73 Å². The van der Waals surface area contributed by atoms with Gasteiger partial charge < -0.3 is 5.73 Å². The molecule has 3 N–H and O–H groups in total. The van der Waals surface area contributed by atoms with E-state index in [0.717, 1.165) is 12.8 Å². The molecule has 0 radical (unpaired) electrons. The molecule has 0 saturated heterocycles. The number of hydrogen-bond donors (Lipinski definition) is 2. The summed E-state index contributed by atoms with van der Waals surface area (Å²) in [5.41, 5.74) is 5.87. The zero-order chi connectivity index (χ0) is 12.7. The maximum atomic E-state index is 12.6. The van der Waals surface area contributed by atoms with E-state index in [2.05, 4.69) is 4.72 Å². The van der Waals surface area contributed by atoms with Crippen LogP contribution in [-0.4, -0.2) is 21.5 Å². The molecule has 4 nitrogen and oxygen atoms in total. The van der Waals surface area contributed by atoms with Gasteiger partial charge >= 0.3 is 0 Å². The third-order valence-corrected chi connectivity index (χ3v) is 3.58. The molecule has 6 heteroatoms. The van der Waals surface area contributed by atoms with Gasteiger partial charge in [-0.1, -0.05) is 12.1 Å². The van der Waals surface area contributed by atoms with Gasteiger partial charge in [-0.15, -0.1) is 0 Å². The second-order valence-electron chi connectivity index (χ2n) is 3.78. The Morgan fingerprint density at radius 2 is 1.82 bits per heavy atom. The Morgan fingerprint density at radius 1 is 1.18 bits per heavy atom. The minimum Gasteiger partial charge on any atom is -0.330 e. The number of benzene rings is 1. The molecule has 1 aromatic rings. The van der Waals surface area contributed by atoms with Crippen LogP contribution in [0, 0.1) is 5.82 Å². The van der Waals surface area contributed by atoms with Crippen molar-refractivity contribution in [3.05, 3.63) is 35.6 Å². The molecular weight excluding hydrogens is 243 g/mol. The standard InChI is InChI=1S/C11H17FN2O2S/c12-11-5-3-10(4-6-11)9-17(15,16)14-8-2-1-7-13/h3-6,14H,1-2,7-9,13H2. The number of halogens is 1. The topological polar surface area (TPSA) is 72.2 Å². The van der Waals surface area contributed by atoms with E-state index >= 15 is 0 Å². The summed E-state index contributed by atoms with van der Waals surface area (Å²) in [6, 6.07) is 5.43. The maximum absolute atomic E-state index is 12.6. The second kappa shape index (κ2) is 6.68. The van der Waals surface area contributed by atoms with E-state index in [9.17, 15) is 12.8 Å². The zero-order valence-electron chi connectivity index (χ0n) is 9.52. The minimum absolute atomic E-state index is 0.129. The Kier molecular flexibility index (Phi) is 5.54. The molecule has 0 fully saturated rings. The normalized spacial score (nSPS) is 11.6. The third kappa shape index (κ3) is 5.76. The maximum Gasteiger partial charge on any atom is 0.215 e. The fraction of sp³-hybridized carbons (Fsp3) is 0.455. The lowest BCUT2D eigenvalue weighted by Crippen LogP contribution is -2.26. The van der Waals surface area contributed by atoms with E-state index < -0.39 is 10.0 Å². The highest BCUT2D eigenvalue weighted by Gasteiger charge is 2.10. The van der Waals surface area contributed by atoms with Crippen LogP contribution in [-0.2, 0) is 15.8 Å². The number of nitrogens with two attached hydrogens (primary N) is 1. The lowest BCUT2D eigenvalue weighted by molar-refractivity contribution is 0.576. The molecule has 0 heterocycles. The SMILES string of the molecule is NCCCCNS(=O)(=O)Cc1ccc(F)cc1. The summed E-state index contributed by atoms with van der Waals surface area (Å²) in [5.74, 6) is -0.502. The molecule has 0 bridgehead atoms. The number of sulfonamides is 1. The molecule has 0 amide bonds. The highest BCUT2D eigenvalue weighted by Crippen LogP contribution is 2.06. The first kappa shape index (κ1) is 14.1. The van der Waals surface area contributed by atoms with E-state index in [1.165, 1.54) is 24.3 Å². The van der Waals surface area contributed by atoms with E-state index in [4.69, 9.17) is 5.73 Å². The summed E-state index contributed by atoms with van der Waals surface area (Å²) in [5, 5.41) is 0. The van der Waals surface area contributed by atoms with Gasteiger partial charge in [0, 0.05) is 6.54 Å². The van der Waals surface area contributed by atoms with Gasteiger partial charge in [0.1, 0.15) is 5.82 Å². The first-order valence-corrected chi connectivity index (χ1v) is 7.10. The number of nitrogens with one attached hydrogen (secondary N) is 1. The fourth-order valence-corrected chi connectivity index (χ4v) is 2.54. The quantitative estimate of drug-likeness (QED) is 0.718. The Morgan fingerprint density at radius 3 is 2.41 bits per heavy atom. The first-order chi connectivity index (χ1) is 8.03. The molecule has 96 valence electrons. The van der Waals surface area contributed by atoms with Gasteiger partial charge in [0.25, 0.3) is 0 Å². The van der Waals surface area contributed by atoms with Crippen molar-refractivity contribution in [2.75, 3.05) is 13.1 Å². The van der Waals surface area contributed by atoms with Gasteiger partial charge in [-0.25, -0.2) is 17.5 Å². The van der Waals surface area contributed by atoms with E-state index in [1.54, 1.807) is 0 Å². The summed E-state index contributed by atoms with van der Waals surface area (Å²) in [6.07, 6.45) is 1.51.